The Morgan fingerprint density at radius 2 is 1.14 bits per heavy atom. The van der Waals surface area contributed by atoms with E-state index in [0.29, 0.717) is 0 Å². The van der Waals surface area contributed by atoms with E-state index in [1.54, 1.807) is 0 Å². The average molecular weight is 420 g/mol. The van der Waals surface area contributed by atoms with Gasteiger partial charge in [-0.2, -0.15) is 0 Å². The topological polar surface area (TPSA) is 19.7 Å². The molecule has 2 nitrogen and oxygen atoms in total. The van der Waals surface area contributed by atoms with Gasteiger partial charge in [0.25, 0.3) is 0 Å². The van der Waals surface area contributed by atoms with Crippen molar-refractivity contribution in [2.75, 3.05) is 0 Å². The summed E-state index contributed by atoms with van der Waals surface area (Å²) in [5.74, 6) is 0. The highest BCUT2D eigenvalue weighted by atomic mass is 127. The van der Waals surface area contributed by atoms with Gasteiger partial charge in [-0.15, -0.1) is 0 Å². The number of rotatable bonds is 15. The molecule has 0 amide bonds. The molecule has 0 bridgehead atoms. The number of hydrogen-bond donors (Lipinski definition) is 1. The minimum absolute atomic E-state index is 0. The zero-order valence-electron chi connectivity index (χ0n) is 14.7. The second-order valence-electron chi connectivity index (χ2n) is 6.45. The number of H-pyrrole nitrogens is 1. The third-order valence-electron chi connectivity index (χ3n) is 4.37. The van der Waals surface area contributed by atoms with Crippen molar-refractivity contribution in [2.45, 2.75) is 103 Å². The molecule has 0 aliphatic carbocycles. The van der Waals surface area contributed by atoms with Crippen LogP contribution in [0.3, 0.4) is 0 Å². The van der Waals surface area contributed by atoms with Crippen LogP contribution in [0.4, 0.5) is 0 Å². The summed E-state index contributed by atoms with van der Waals surface area (Å²) in [6, 6.07) is 0. The minimum Gasteiger partial charge on any atom is -1.00 e. The van der Waals surface area contributed by atoms with Gasteiger partial charge in [0.05, 0.1) is 6.54 Å². The van der Waals surface area contributed by atoms with Crippen LogP contribution in [0.25, 0.3) is 0 Å². The van der Waals surface area contributed by atoms with E-state index in [1.807, 2.05) is 12.5 Å². The van der Waals surface area contributed by atoms with Crippen molar-refractivity contribution < 1.29 is 28.5 Å². The van der Waals surface area contributed by atoms with Crippen molar-refractivity contribution in [2.24, 2.45) is 0 Å². The molecule has 1 rings (SSSR count). The predicted molar refractivity (Wildman–Crippen MR) is 91.3 cm³/mol. The summed E-state index contributed by atoms with van der Waals surface area (Å²) in [7, 11) is 0. The van der Waals surface area contributed by atoms with Crippen LogP contribution < -0.4 is 28.5 Å². The van der Waals surface area contributed by atoms with Crippen LogP contribution in [-0.2, 0) is 6.54 Å². The highest BCUT2D eigenvalue weighted by Crippen LogP contribution is 2.12. The Morgan fingerprint density at radius 1 is 0.682 bits per heavy atom. The second kappa shape index (κ2) is 17.3. The van der Waals surface area contributed by atoms with Crippen molar-refractivity contribution in [3.8, 4) is 0 Å². The molecule has 1 aromatic rings. The molecule has 3 heteroatoms. The third-order valence-corrected chi connectivity index (χ3v) is 4.37. The van der Waals surface area contributed by atoms with Crippen molar-refractivity contribution in [1.29, 1.82) is 0 Å². The minimum atomic E-state index is 0. The summed E-state index contributed by atoms with van der Waals surface area (Å²) < 4.78 is 2.24. The zero-order chi connectivity index (χ0) is 15.0. The van der Waals surface area contributed by atoms with E-state index in [1.165, 1.54) is 96.4 Å². The van der Waals surface area contributed by atoms with Gasteiger partial charge in [-0.1, -0.05) is 84.0 Å². The van der Waals surface area contributed by atoms with Crippen molar-refractivity contribution in [3.05, 3.63) is 18.7 Å². The summed E-state index contributed by atoms with van der Waals surface area (Å²) in [4.78, 5) is 3.09. The molecule has 130 valence electrons. The number of halogens is 1. The van der Waals surface area contributed by atoms with Crippen molar-refractivity contribution >= 4 is 0 Å². The SMILES string of the molecule is CCCCCCCCCCCCCCCC[n+]1cc[nH]c1.[I-]. The maximum absolute atomic E-state index is 3.09. The fourth-order valence-electron chi connectivity index (χ4n) is 2.95. The van der Waals surface area contributed by atoms with Gasteiger partial charge in [0.15, 0.2) is 0 Å². The number of imidazole rings is 1. The smallest absolute Gasteiger partial charge is 0.241 e. The Morgan fingerprint density at radius 3 is 1.55 bits per heavy atom. The molecule has 1 heterocycles. The normalized spacial score (nSPS) is 10.6. The van der Waals surface area contributed by atoms with E-state index in [9.17, 15) is 0 Å². The van der Waals surface area contributed by atoms with Crippen LogP contribution in [0.15, 0.2) is 18.7 Å². The van der Waals surface area contributed by atoms with E-state index in [4.69, 9.17) is 0 Å². The Hall–Kier alpha value is -0.0600. The molecule has 0 aromatic carbocycles. The third kappa shape index (κ3) is 13.6. The number of aromatic nitrogens is 2. The molecule has 0 saturated carbocycles. The largest absolute Gasteiger partial charge is 1.00 e. The van der Waals surface area contributed by atoms with Gasteiger partial charge in [-0.05, 0) is 12.8 Å². The number of aryl methyl sites for hydroxylation is 1. The maximum Gasteiger partial charge on any atom is 0.241 e. The number of nitrogens with zero attached hydrogens (tertiary/aromatic N) is 1. The van der Waals surface area contributed by atoms with Gasteiger partial charge in [0.1, 0.15) is 12.4 Å². The first-order chi connectivity index (χ1) is 10.4. The lowest BCUT2D eigenvalue weighted by molar-refractivity contribution is -0.696. The molecular formula is C19H37IN2. The van der Waals surface area contributed by atoms with Crippen LogP contribution in [0.5, 0.6) is 0 Å². The highest BCUT2D eigenvalue weighted by molar-refractivity contribution is 4.55. The lowest BCUT2D eigenvalue weighted by Crippen LogP contribution is -3.00. The lowest BCUT2D eigenvalue weighted by Gasteiger charge is -2.03. The van der Waals surface area contributed by atoms with Gasteiger partial charge in [-0.25, -0.2) is 4.57 Å². The summed E-state index contributed by atoms with van der Waals surface area (Å²) >= 11 is 0. The lowest BCUT2D eigenvalue weighted by atomic mass is 10.0. The highest BCUT2D eigenvalue weighted by Gasteiger charge is 1.97. The number of aromatic amines is 1. The van der Waals surface area contributed by atoms with Gasteiger partial charge in [0.2, 0.25) is 6.33 Å². The fraction of sp³-hybridized carbons (Fsp3) is 0.842. The summed E-state index contributed by atoms with van der Waals surface area (Å²) in [5.41, 5.74) is 0. The molecule has 1 N–H and O–H groups in total. The molecule has 0 radical (unpaired) electrons. The molecule has 0 spiro atoms. The van der Waals surface area contributed by atoms with Gasteiger partial charge in [0, 0.05) is 0 Å². The van der Waals surface area contributed by atoms with Crippen molar-refractivity contribution in [3.63, 3.8) is 0 Å². The summed E-state index contributed by atoms with van der Waals surface area (Å²) in [6.07, 6.45) is 26.2. The maximum atomic E-state index is 3.09. The van der Waals surface area contributed by atoms with Crippen molar-refractivity contribution in [1.82, 2.24) is 4.98 Å². The molecule has 0 unspecified atom stereocenters. The number of nitrogens with one attached hydrogen (secondary N) is 1. The molecule has 1 aromatic heterocycles. The Balaban J connectivity index is 0.00000441. The average Bonchev–Trinajstić information content (AvgIpc) is 3.01. The summed E-state index contributed by atoms with van der Waals surface area (Å²) in [5, 5.41) is 0. The zero-order valence-corrected chi connectivity index (χ0v) is 16.8. The van der Waals surface area contributed by atoms with E-state index >= 15 is 0 Å². The molecule has 0 aliphatic heterocycles. The Labute approximate surface area is 155 Å². The van der Waals surface area contributed by atoms with Crippen LogP contribution in [-0.4, -0.2) is 4.98 Å². The first kappa shape index (κ1) is 21.9. The Bertz CT molecular complexity index is 298. The molecule has 0 fully saturated rings. The number of unbranched alkanes of at least 4 members (excludes halogenated alkanes) is 13. The monoisotopic (exact) mass is 420 g/mol. The van der Waals surface area contributed by atoms with E-state index < -0.39 is 0 Å². The molecular weight excluding hydrogens is 383 g/mol. The molecule has 22 heavy (non-hydrogen) atoms. The van der Waals surface area contributed by atoms with Crippen LogP contribution in [0.2, 0.25) is 0 Å². The standard InChI is InChI=1S/C19H36N2.HI/c1-2-3-4-5-6-7-8-9-10-11-12-13-14-15-17-21-18-16-20-19-21;/h16,18-19H,2-15,17H2,1H3;1H. The molecule has 0 saturated heterocycles. The second-order valence-corrected chi connectivity index (χ2v) is 6.45. The first-order valence-electron chi connectivity index (χ1n) is 9.45. The summed E-state index contributed by atoms with van der Waals surface area (Å²) in [6.45, 7) is 3.46. The number of hydrogen-bond acceptors (Lipinski definition) is 0. The van der Waals surface area contributed by atoms with Crippen LogP contribution in [0.1, 0.15) is 96.8 Å². The molecule has 0 atom stereocenters. The van der Waals surface area contributed by atoms with E-state index in [2.05, 4.69) is 22.7 Å². The van der Waals surface area contributed by atoms with Gasteiger partial charge >= 0.3 is 0 Å². The quantitative estimate of drug-likeness (QED) is 0.256. The fourth-order valence-corrected chi connectivity index (χ4v) is 2.95. The predicted octanol–water partition coefficient (Wildman–Crippen LogP) is 2.79. The first-order valence-corrected chi connectivity index (χ1v) is 9.45. The van der Waals surface area contributed by atoms with Crippen LogP contribution >= 0.6 is 0 Å². The van der Waals surface area contributed by atoms with Gasteiger partial charge in [-0.3, -0.25) is 4.98 Å². The van der Waals surface area contributed by atoms with E-state index in [0.717, 1.165) is 0 Å². The van der Waals surface area contributed by atoms with Crippen LogP contribution in [0, 0.1) is 0 Å². The molecule has 0 aliphatic rings. The van der Waals surface area contributed by atoms with E-state index in [-0.39, 0.29) is 24.0 Å². The Kier molecular flexibility index (Phi) is 17.2. The van der Waals surface area contributed by atoms with Gasteiger partial charge < -0.3 is 24.0 Å².